The molecule has 1 aliphatic rings. The average molecular weight is 882 g/mol. The first-order chi connectivity index (χ1) is 29.4. The van der Waals surface area contributed by atoms with Crippen molar-refractivity contribution in [2.45, 2.75) is 133 Å². The van der Waals surface area contributed by atoms with Crippen LogP contribution in [0.3, 0.4) is 0 Å². The van der Waals surface area contributed by atoms with E-state index in [1.54, 1.807) is 14.1 Å². The van der Waals surface area contributed by atoms with Crippen molar-refractivity contribution in [1.82, 2.24) is 40.7 Å². The van der Waals surface area contributed by atoms with Gasteiger partial charge in [-0.1, -0.05) is 44.4 Å². The van der Waals surface area contributed by atoms with Crippen LogP contribution in [0.2, 0.25) is 0 Å². The molecule has 4 unspecified atom stereocenters. The van der Waals surface area contributed by atoms with E-state index in [0.717, 1.165) is 85.7 Å². The highest BCUT2D eigenvalue weighted by atomic mass is 32.2. The number of thioether (sulfide) groups is 2. The molecule has 3 aromatic rings. The number of rotatable bonds is 30. The lowest BCUT2D eigenvalue weighted by Gasteiger charge is -2.19. The predicted octanol–water partition coefficient (Wildman–Crippen LogP) is 4.57. The molecule has 1 fully saturated rings. The molecule has 0 radical (unpaired) electrons. The van der Waals surface area contributed by atoms with Crippen molar-refractivity contribution in [3.05, 3.63) is 30.1 Å². The van der Waals surface area contributed by atoms with E-state index in [0.29, 0.717) is 62.5 Å². The standard InChI is InChI=1S/C44H67N9O6S2/c1-6-7-20-35-51-38-39(31-18-12-13-19-32(31)50-42(38)45)52(35)25-17-15-24-49-36(56)21-10-8-14-23-48-37(57)22-11-9-16-26-53-43(58)40(60-27-33(46-4)29(2)54)41(44(53)59)61-28-34(47-5)30(3)55/h12-13,18-19,33-34,40-41,46-47H,6-11,14-17,20-28H2,1-5H3,(H2,45,50)(H,48,57)(H,49,56). The van der Waals surface area contributed by atoms with Gasteiger partial charge in [-0.3, -0.25) is 33.7 Å². The molecule has 1 saturated heterocycles. The summed E-state index contributed by atoms with van der Waals surface area (Å²) in [5.41, 5.74) is 8.99. The highest BCUT2D eigenvalue weighted by molar-refractivity contribution is 8.05. The van der Waals surface area contributed by atoms with Gasteiger partial charge < -0.3 is 31.6 Å². The number of para-hydroxylation sites is 1. The number of amides is 4. The molecule has 2 aromatic heterocycles. The predicted molar refractivity (Wildman–Crippen MR) is 247 cm³/mol. The van der Waals surface area contributed by atoms with Crippen molar-refractivity contribution in [3.8, 4) is 0 Å². The van der Waals surface area contributed by atoms with Gasteiger partial charge in [0.05, 0.1) is 23.1 Å². The van der Waals surface area contributed by atoms with Crippen molar-refractivity contribution in [3.63, 3.8) is 0 Å². The number of carbonyl (C=O) groups is 6. The molecule has 0 aliphatic carbocycles. The maximum atomic E-state index is 13.5. The van der Waals surface area contributed by atoms with E-state index in [4.69, 9.17) is 10.7 Å². The zero-order valence-electron chi connectivity index (χ0n) is 36.7. The summed E-state index contributed by atoms with van der Waals surface area (Å²) in [5.74, 6) is 1.57. The minimum atomic E-state index is -0.645. The number of anilines is 1. The Morgan fingerprint density at radius 1 is 0.738 bits per heavy atom. The SMILES string of the molecule is CCCCc1nc2c(N)nc3ccccc3c2n1CCCCNC(=O)CCCCCNC(=O)CCCCCN1C(=O)C(SCC(NC)C(C)=O)C(SCC(NC)C(C)=O)C1=O. The number of ketones is 2. The van der Waals surface area contributed by atoms with Gasteiger partial charge in [-0.2, -0.15) is 0 Å². The van der Waals surface area contributed by atoms with Crippen LogP contribution < -0.4 is 27.0 Å². The number of nitrogen functional groups attached to an aromatic ring is 1. The van der Waals surface area contributed by atoms with Crippen LogP contribution in [-0.4, -0.2) is 122 Å². The fourth-order valence-corrected chi connectivity index (χ4v) is 10.6. The van der Waals surface area contributed by atoms with Crippen LogP contribution >= 0.6 is 23.5 Å². The van der Waals surface area contributed by atoms with Crippen LogP contribution in [0.1, 0.15) is 104 Å². The number of fused-ring (bicyclic) bond motifs is 3. The minimum absolute atomic E-state index is 0.0392. The number of unbranched alkanes of at least 4 members (excludes halogenated alkanes) is 6. The molecule has 4 amide bonds. The molecule has 336 valence electrons. The van der Waals surface area contributed by atoms with Gasteiger partial charge in [0, 0.05) is 62.3 Å². The lowest BCUT2D eigenvalue weighted by Crippen LogP contribution is -2.38. The molecule has 15 nitrogen and oxygen atoms in total. The molecule has 61 heavy (non-hydrogen) atoms. The highest BCUT2D eigenvalue weighted by Gasteiger charge is 2.48. The van der Waals surface area contributed by atoms with E-state index in [1.165, 1.54) is 42.3 Å². The number of imidazole rings is 1. The summed E-state index contributed by atoms with van der Waals surface area (Å²) >= 11 is 2.61. The summed E-state index contributed by atoms with van der Waals surface area (Å²) in [4.78, 5) is 86.6. The quantitative estimate of drug-likeness (QED) is 0.0460. The number of pyridine rings is 1. The third kappa shape index (κ3) is 14.5. The molecule has 1 aromatic carbocycles. The normalized spacial score (nSPS) is 16.4. The maximum Gasteiger partial charge on any atom is 0.243 e. The number of likely N-dealkylation sites (N-methyl/N-ethyl adjacent to an activating group) is 2. The number of hydrogen-bond acceptors (Lipinski definition) is 13. The van der Waals surface area contributed by atoms with E-state index in [1.807, 2.05) is 18.2 Å². The van der Waals surface area contributed by atoms with E-state index >= 15 is 0 Å². The number of likely N-dealkylation sites (tertiary alicyclic amines) is 1. The summed E-state index contributed by atoms with van der Waals surface area (Å²) in [5, 5.41) is 11.7. The number of aromatic nitrogens is 3. The largest absolute Gasteiger partial charge is 0.382 e. The van der Waals surface area contributed by atoms with Crippen molar-refractivity contribution in [2.24, 2.45) is 0 Å². The molecule has 17 heteroatoms. The summed E-state index contributed by atoms with van der Waals surface area (Å²) in [6.45, 7) is 7.36. The molecule has 6 N–H and O–H groups in total. The first kappa shape index (κ1) is 49.6. The first-order valence-electron chi connectivity index (χ1n) is 21.9. The molecular formula is C44H67N9O6S2. The van der Waals surface area contributed by atoms with Gasteiger partial charge in [0.1, 0.15) is 33.4 Å². The van der Waals surface area contributed by atoms with Crippen LogP contribution in [0.15, 0.2) is 24.3 Å². The number of nitrogens with one attached hydrogen (secondary N) is 4. The zero-order chi connectivity index (χ0) is 44.3. The Morgan fingerprint density at radius 3 is 1.84 bits per heavy atom. The number of nitrogens with two attached hydrogens (primary N) is 1. The lowest BCUT2D eigenvalue weighted by atomic mass is 10.1. The minimum Gasteiger partial charge on any atom is -0.382 e. The zero-order valence-corrected chi connectivity index (χ0v) is 38.3. The van der Waals surface area contributed by atoms with Gasteiger partial charge >= 0.3 is 0 Å². The fraction of sp³-hybridized carbons (Fsp3) is 0.636. The summed E-state index contributed by atoms with van der Waals surface area (Å²) < 4.78 is 2.29. The van der Waals surface area contributed by atoms with Crippen LogP contribution in [0, 0.1) is 0 Å². The molecule has 4 rings (SSSR count). The Balaban J connectivity index is 1.08. The van der Waals surface area contributed by atoms with Gasteiger partial charge in [0.15, 0.2) is 5.82 Å². The van der Waals surface area contributed by atoms with E-state index in [2.05, 4.69) is 43.8 Å². The number of hydrogen-bond donors (Lipinski definition) is 5. The number of carbonyl (C=O) groups excluding carboxylic acids is 6. The Bertz CT molecular complexity index is 1910. The average Bonchev–Trinajstić information content (AvgIpc) is 3.71. The van der Waals surface area contributed by atoms with Crippen LogP contribution in [0.4, 0.5) is 5.82 Å². The fourth-order valence-electron chi connectivity index (χ4n) is 7.44. The maximum absolute atomic E-state index is 13.5. The van der Waals surface area contributed by atoms with E-state index in [9.17, 15) is 28.8 Å². The topological polar surface area (TPSA) is 211 Å². The first-order valence-corrected chi connectivity index (χ1v) is 24.0. The Hall–Kier alpha value is -4.06. The van der Waals surface area contributed by atoms with Gasteiger partial charge in [-0.05, 0) is 79.0 Å². The molecule has 4 atom stereocenters. The summed E-state index contributed by atoms with van der Waals surface area (Å²) in [6, 6.07) is 7.17. The number of aryl methyl sites for hydroxylation is 2. The van der Waals surface area contributed by atoms with Crippen molar-refractivity contribution in [1.29, 1.82) is 0 Å². The number of imide groups is 1. The highest BCUT2D eigenvalue weighted by Crippen LogP contribution is 2.35. The van der Waals surface area contributed by atoms with Crippen LogP contribution in [0.5, 0.6) is 0 Å². The molecule has 0 spiro atoms. The Labute approximate surface area is 369 Å². The van der Waals surface area contributed by atoms with Gasteiger partial charge in [-0.15, -0.1) is 23.5 Å². The molecule has 0 saturated carbocycles. The van der Waals surface area contributed by atoms with Crippen molar-refractivity contribution >= 4 is 86.5 Å². The monoisotopic (exact) mass is 881 g/mol. The summed E-state index contributed by atoms with van der Waals surface area (Å²) in [7, 11) is 3.38. The number of nitrogens with zero attached hydrogens (tertiary/aromatic N) is 4. The second kappa shape index (κ2) is 25.8. The number of Topliss-reactive ketones (excluding diaryl/α,β-unsaturated/α-hetero) is 2. The number of benzene rings is 1. The van der Waals surface area contributed by atoms with Crippen molar-refractivity contribution in [2.75, 3.05) is 51.0 Å². The van der Waals surface area contributed by atoms with Crippen LogP contribution in [0.25, 0.3) is 21.9 Å². The van der Waals surface area contributed by atoms with E-state index < -0.39 is 22.6 Å². The van der Waals surface area contributed by atoms with Crippen molar-refractivity contribution < 1.29 is 28.8 Å². The molecular weight excluding hydrogens is 815 g/mol. The van der Waals surface area contributed by atoms with Gasteiger partial charge in [0.25, 0.3) is 0 Å². The second-order valence-corrected chi connectivity index (χ2v) is 18.1. The second-order valence-electron chi connectivity index (χ2n) is 15.8. The lowest BCUT2D eigenvalue weighted by molar-refractivity contribution is -0.138. The smallest absolute Gasteiger partial charge is 0.243 e. The summed E-state index contributed by atoms with van der Waals surface area (Å²) in [6.07, 6.45) is 9.79. The van der Waals surface area contributed by atoms with E-state index in [-0.39, 0.29) is 41.7 Å². The molecule has 0 bridgehead atoms. The van der Waals surface area contributed by atoms with Gasteiger partial charge in [-0.25, -0.2) is 9.97 Å². The Morgan fingerprint density at radius 2 is 1.28 bits per heavy atom. The molecule has 1 aliphatic heterocycles. The third-order valence-electron chi connectivity index (χ3n) is 11.1. The van der Waals surface area contributed by atoms with Gasteiger partial charge in [0.2, 0.25) is 23.6 Å². The van der Waals surface area contributed by atoms with Crippen LogP contribution in [-0.2, 0) is 41.7 Å². The molecule has 3 heterocycles. The Kier molecular flexibility index (Phi) is 21.0. The third-order valence-corrected chi connectivity index (χ3v) is 14.0.